The van der Waals surface area contributed by atoms with Crippen molar-refractivity contribution in [1.82, 2.24) is 4.90 Å². The Morgan fingerprint density at radius 2 is 2.50 bits per heavy atom. The van der Waals surface area contributed by atoms with Crippen LogP contribution in [-0.4, -0.2) is 35.5 Å². The Morgan fingerprint density at radius 1 is 1.64 bits per heavy atom. The lowest BCUT2D eigenvalue weighted by Crippen LogP contribution is -2.22. The second-order valence-corrected chi connectivity index (χ2v) is 4.30. The second kappa shape index (κ2) is 4.13. The second-order valence-electron chi connectivity index (χ2n) is 4.30. The number of likely N-dealkylation sites (tertiary alicyclic amines) is 1. The molecule has 0 aromatic heterocycles. The van der Waals surface area contributed by atoms with Crippen LogP contribution in [0.5, 0.6) is 0 Å². The number of allylic oxidation sites excluding steroid dienone is 1. The summed E-state index contributed by atoms with van der Waals surface area (Å²) >= 11 is 0. The Bertz CT molecular complexity index is 270. The smallest absolute Gasteiger partial charge is 0.0802 e. The van der Waals surface area contributed by atoms with Crippen LogP contribution in [0.4, 0.5) is 0 Å². The van der Waals surface area contributed by atoms with E-state index in [1.807, 2.05) is 0 Å². The summed E-state index contributed by atoms with van der Waals surface area (Å²) in [5.41, 5.74) is 2.33. The van der Waals surface area contributed by atoms with E-state index in [0.717, 1.165) is 25.2 Å². The van der Waals surface area contributed by atoms with Crippen molar-refractivity contribution in [2.24, 2.45) is 11.1 Å². The van der Waals surface area contributed by atoms with Crippen LogP contribution < -0.4 is 0 Å². The summed E-state index contributed by atoms with van der Waals surface area (Å²) in [6.07, 6.45) is 5.57. The summed E-state index contributed by atoms with van der Waals surface area (Å²) in [4.78, 5) is 2.51. The molecule has 1 fully saturated rings. The van der Waals surface area contributed by atoms with E-state index in [0.29, 0.717) is 5.92 Å². The van der Waals surface area contributed by atoms with Gasteiger partial charge in [-0.3, -0.25) is 4.90 Å². The SMILES string of the molecule is CCCCN1CC2=CC(=NO)C[C@@H]2C1. The number of unbranched alkanes of at least 4 members (excludes halogenated alkanes) is 1. The molecule has 0 saturated carbocycles. The van der Waals surface area contributed by atoms with Gasteiger partial charge in [-0.2, -0.15) is 0 Å². The fourth-order valence-corrected chi connectivity index (χ4v) is 2.39. The highest BCUT2D eigenvalue weighted by Gasteiger charge is 2.32. The van der Waals surface area contributed by atoms with Crippen LogP contribution in [0.2, 0.25) is 0 Å². The predicted octanol–water partition coefficient (Wildman–Crippen LogP) is 1.88. The van der Waals surface area contributed by atoms with Gasteiger partial charge in [0.2, 0.25) is 0 Å². The third-order valence-electron chi connectivity index (χ3n) is 3.17. The number of fused-ring (bicyclic) bond motifs is 1. The van der Waals surface area contributed by atoms with Crippen molar-refractivity contribution < 1.29 is 5.21 Å². The number of hydrogen-bond acceptors (Lipinski definition) is 3. The molecule has 1 saturated heterocycles. The van der Waals surface area contributed by atoms with Crippen molar-refractivity contribution in [2.75, 3.05) is 19.6 Å². The van der Waals surface area contributed by atoms with Gasteiger partial charge in [0.15, 0.2) is 0 Å². The lowest BCUT2D eigenvalue weighted by molar-refractivity contribution is 0.311. The van der Waals surface area contributed by atoms with Gasteiger partial charge in [-0.1, -0.05) is 18.5 Å². The van der Waals surface area contributed by atoms with E-state index in [-0.39, 0.29) is 0 Å². The first-order valence-electron chi connectivity index (χ1n) is 5.47. The van der Waals surface area contributed by atoms with Crippen LogP contribution in [0.15, 0.2) is 16.8 Å². The molecule has 1 aliphatic carbocycles. The van der Waals surface area contributed by atoms with Gasteiger partial charge in [0, 0.05) is 19.5 Å². The minimum absolute atomic E-state index is 0.637. The largest absolute Gasteiger partial charge is 0.411 e. The minimum Gasteiger partial charge on any atom is -0.411 e. The van der Waals surface area contributed by atoms with Gasteiger partial charge in [-0.25, -0.2) is 0 Å². The average molecular weight is 194 g/mol. The summed E-state index contributed by atoms with van der Waals surface area (Å²) in [6.45, 7) is 5.69. The number of oxime groups is 1. The van der Waals surface area contributed by atoms with Crippen LogP contribution in [0.3, 0.4) is 0 Å². The zero-order valence-corrected chi connectivity index (χ0v) is 8.74. The maximum Gasteiger partial charge on any atom is 0.0802 e. The molecule has 0 radical (unpaired) electrons. The molecule has 2 aliphatic rings. The molecule has 78 valence electrons. The minimum atomic E-state index is 0.637. The predicted molar refractivity (Wildman–Crippen MR) is 56.8 cm³/mol. The Balaban J connectivity index is 1.91. The Kier molecular flexibility index (Phi) is 2.87. The van der Waals surface area contributed by atoms with Crippen molar-refractivity contribution in [3.8, 4) is 0 Å². The van der Waals surface area contributed by atoms with E-state index in [9.17, 15) is 0 Å². The van der Waals surface area contributed by atoms with Gasteiger partial charge >= 0.3 is 0 Å². The fourth-order valence-electron chi connectivity index (χ4n) is 2.39. The van der Waals surface area contributed by atoms with E-state index < -0.39 is 0 Å². The molecule has 1 heterocycles. The Morgan fingerprint density at radius 3 is 3.14 bits per heavy atom. The van der Waals surface area contributed by atoms with Gasteiger partial charge in [-0.05, 0) is 30.5 Å². The van der Waals surface area contributed by atoms with Gasteiger partial charge < -0.3 is 5.21 Å². The summed E-state index contributed by atoms with van der Waals surface area (Å²) in [5, 5.41) is 11.9. The monoisotopic (exact) mass is 194 g/mol. The van der Waals surface area contributed by atoms with E-state index in [2.05, 4.69) is 23.1 Å². The van der Waals surface area contributed by atoms with Crippen LogP contribution in [0, 0.1) is 5.92 Å². The molecule has 1 aliphatic heterocycles. The molecule has 3 nitrogen and oxygen atoms in total. The molecule has 0 aromatic rings. The molecule has 14 heavy (non-hydrogen) atoms. The van der Waals surface area contributed by atoms with Gasteiger partial charge in [0.1, 0.15) is 0 Å². The number of nitrogens with zero attached hydrogens (tertiary/aromatic N) is 2. The highest BCUT2D eigenvalue weighted by molar-refractivity contribution is 5.98. The number of rotatable bonds is 3. The summed E-state index contributed by atoms with van der Waals surface area (Å²) in [7, 11) is 0. The molecular formula is C11H18N2O. The van der Waals surface area contributed by atoms with Gasteiger partial charge in [0.25, 0.3) is 0 Å². The van der Waals surface area contributed by atoms with Crippen LogP contribution in [-0.2, 0) is 0 Å². The average Bonchev–Trinajstić information content (AvgIpc) is 2.71. The molecule has 0 unspecified atom stereocenters. The van der Waals surface area contributed by atoms with Gasteiger partial charge in [0.05, 0.1) is 5.71 Å². The molecule has 1 atom stereocenters. The van der Waals surface area contributed by atoms with E-state index >= 15 is 0 Å². The normalized spacial score (nSPS) is 29.6. The van der Waals surface area contributed by atoms with Gasteiger partial charge in [-0.15, -0.1) is 0 Å². The van der Waals surface area contributed by atoms with Crippen molar-refractivity contribution >= 4 is 5.71 Å². The highest BCUT2D eigenvalue weighted by atomic mass is 16.4. The van der Waals surface area contributed by atoms with E-state index in [1.165, 1.54) is 25.0 Å². The number of hydrogen-bond donors (Lipinski definition) is 1. The van der Waals surface area contributed by atoms with Crippen LogP contribution in [0.25, 0.3) is 0 Å². The van der Waals surface area contributed by atoms with Crippen molar-refractivity contribution in [1.29, 1.82) is 0 Å². The quantitative estimate of drug-likeness (QED) is 0.550. The molecule has 3 heteroatoms. The summed E-state index contributed by atoms with van der Waals surface area (Å²) in [6, 6.07) is 0. The van der Waals surface area contributed by atoms with Crippen LogP contribution >= 0.6 is 0 Å². The molecule has 0 aromatic carbocycles. The third-order valence-corrected chi connectivity index (χ3v) is 3.17. The van der Waals surface area contributed by atoms with E-state index in [4.69, 9.17) is 5.21 Å². The van der Waals surface area contributed by atoms with Crippen molar-refractivity contribution in [3.05, 3.63) is 11.6 Å². The van der Waals surface area contributed by atoms with Crippen molar-refractivity contribution in [2.45, 2.75) is 26.2 Å². The maximum absolute atomic E-state index is 8.66. The van der Waals surface area contributed by atoms with E-state index in [1.54, 1.807) is 0 Å². The summed E-state index contributed by atoms with van der Waals surface area (Å²) in [5.74, 6) is 0.637. The first kappa shape index (κ1) is 9.71. The standard InChI is InChI=1S/C11H18N2O/c1-2-3-4-13-7-9-5-11(12-14)6-10(9)8-13/h5,10,14H,2-4,6-8H2,1H3/t10-/m1/s1. The first-order valence-corrected chi connectivity index (χ1v) is 5.47. The Hall–Kier alpha value is -0.830. The maximum atomic E-state index is 8.66. The lowest BCUT2D eigenvalue weighted by Gasteiger charge is -2.14. The summed E-state index contributed by atoms with van der Waals surface area (Å²) < 4.78 is 0. The molecular weight excluding hydrogens is 176 g/mol. The van der Waals surface area contributed by atoms with Crippen LogP contribution in [0.1, 0.15) is 26.2 Å². The third kappa shape index (κ3) is 1.82. The molecule has 2 rings (SSSR count). The topological polar surface area (TPSA) is 35.8 Å². The molecule has 0 amide bonds. The molecule has 0 spiro atoms. The Labute approximate surface area is 85.1 Å². The molecule has 0 bridgehead atoms. The van der Waals surface area contributed by atoms with Crippen molar-refractivity contribution in [3.63, 3.8) is 0 Å². The fraction of sp³-hybridized carbons (Fsp3) is 0.727. The first-order chi connectivity index (χ1) is 6.83. The lowest BCUT2D eigenvalue weighted by atomic mass is 10.1. The zero-order chi connectivity index (χ0) is 9.97. The zero-order valence-electron chi connectivity index (χ0n) is 8.74. The highest BCUT2D eigenvalue weighted by Crippen LogP contribution is 2.31. The molecule has 1 N–H and O–H groups in total.